The molecular weight excluding hydrogens is 216 g/mol. The Bertz CT molecular complexity index is 384. The Hall–Kier alpha value is -1.65. The summed E-state index contributed by atoms with van der Waals surface area (Å²) in [6.07, 6.45) is 6.78. The van der Waals surface area contributed by atoms with E-state index in [2.05, 4.69) is 23.8 Å². The number of hydrogen-bond donors (Lipinski definition) is 1. The minimum atomic E-state index is 0.264. The maximum atomic E-state index is 10.7. The number of nitrogens with two attached hydrogens (primary N) is 1. The zero-order valence-corrected chi connectivity index (χ0v) is 10.4. The van der Waals surface area contributed by atoms with Gasteiger partial charge in [-0.1, -0.05) is 32.3 Å². The second-order valence-electron chi connectivity index (χ2n) is 4.05. The van der Waals surface area contributed by atoms with E-state index in [0.29, 0.717) is 17.9 Å². The van der Waals surface area contributed by atoms with Crippen LogP contribution in [0.3, 0.4) is 0 Å². The van der Waals surface area contributed by atoms with Crippen molar-refractivity contribution in [2.75, 3.05) is 5.73 Å². The van der Waals surface area contributed by atoms with E-state index in [9.17, 15) is 4.91 Å². The summed E-state index contributed by atoms with van der Waals surface area (Å²) in [4.78, 5) is 10.7. The number of allylic oxidation sites excluding steroid dienone is 1. The van der Waals surface area contributed by atoms with Crippen molar-refractivity contribution in [2.45, 2.75) is 45.6 Å². The summed E-state index contributed by atoms with van der Waals surface area (Å²) >= 11 is 0. The molecule has 0 spiro atoms. The lowest BCUT2D eigenvalue weighted by atomic mass is 10.2. The molecule has 5 heteroatoms. The molecule has 2 N–H and O–H groups in total. The summed E-state index contributed by atoms with van der Waals surface area (Å²) in [5, 5.41) is 7.24. The number of nitroso groups, excluding NO2 is 1. The van der Waals surface area contributed by atoms with Gasteiger partial charge in [-0.25, -0.2) is 4.68 Å². The van der Waals surface area contributed by atoms with Crippen molar-refractivity contribution in [3.8, 4) is 0 Å². The molecule has 17 heavy (non-hydrogen) atoms. The van der Waals surface area contributed by atoms with Gasteiger partial charge in [-0.3, -0.25) is 0 Å². The maximum Gasteiger partial charge on any atom is 0.173 e. The predicted octanol–water partition coefficient (Wildman–Crippen LogP) is 3.17. The molecule has 5 nitrogen and oxygen atoms in total. The molecule has 1 aromatic heterocycles. The van der Waals surface area contributed by atoms with Crippen LogP contribution in [-0.2, 0) is 13.0 Å². The van der Waals surface area contributed by atoms with Gasteiger partial charge in [-0.2, -0.15) is 5.10 Å². The third kappa shape index (κ3) is 3.41. The van der Waals surface area contributed by atoms with Crippen molar-refractivity contribution < 1.29 is 0 Å². The van der Waals surface area contributed by atoms with Crippen LogP contribution in [0.2, 0.25) is 0 Å². The van der Waals surface area contributed by atoms with Gasteiger partial charge in [0, 0.05) is 13.0 Å². The van der Waals surface area contributed by atoms with Crippen molar-refractivity contribution in [2.24, 2.45) is 5.18 Å². The van der Waals surface area contributed by atoms with Gasteiger partial charge in [0.1, 0.15) is 0 Å². The van der Waals surface area contributed by atoms with Crippen molar-refractivity contribution in [3.05, 3.63) is 23.3 Å². The van der Waals surface area contributed by atoms with Crippen LogP contribution in [0.5, 0.6) is 0 Å². The zero-order valence-electron chi connectivity index (χ0n) is 10.4. The number of anilines is 1. The first-order valence-corrected chi connectivity index (χ1v) is 6.04. The molecule has 0 amide bonds. The molecule has 1 rings (SSSR count). The van der Waals surface area contributed by atoms with Gasteiger partial charge in [0.2, 0.25) is 0 Å². The highest BCUT2D eigenvalue weighted by atomic mass is 16.3. The molecule has 0 atom stereocenters. The first kappa shape index (κ1) is 13.4. The first-order chi connectivity index (χ1) is 8.24. The third-order valence-electron chi connectivity index (χ3n) is 2.69. The molecule has 1 heterocycles. The van der Waals surface area contributed by atoms with Crippen LogP contribution in [0.15, 0.2) is 17.8 Å². The van der Waals surface area contributed by atoms with Gasteiger partial charge in [0.15, 0.2) is 11.5 Å². The minimum Gasteiger partial charge on any atom is -0.382 e. The van der Waals surface area contributed by atoms with Crippen molar-refractivity contribution in [1.82, 2.24) is 9.78 Å². The highest BCUT2D eigenvalue weighted by Crippen LogP contribution is 2.27. The molecule has 94 valence electrons. The van der Waals surface area contributed by atoms with Gasteiger partial charge in [-0.05, 0) is 11.6 Å². The summed E-state index contributed by atoms with van der Waals surface area (Å²) in [5.74, 6) is 0.369. The topological polar surface area (TPSA) is 73.3 Å². The van der Waals surface area contributed by atoms with E-state index in [0.717, 1.165) is 19.4 Å². The molecule has 0 fully saturated rings. The van der Waals surface area contributed by atoms with Crippen LogP contribution < -0.4 is 5.73 Å². The lowest BCUT2D eigenvalue weighted by molar-refractivity contribution is 0.543. The predicted molar refractivity (Wildman–Crippen MR) is 70.1 cm³/mol. The Labute approximate surface area is 102 Å². The van der Waals surface area contributed by atoms with Gasteiger partial charge in [0.25, 0.3) is 0 Å². The van der Waals surface area contributed by atoms with E-state index in [1.54, 1.807) is 10.8 Å². The van der Waals surface area contributed by atoms with E-state index in [-0.39, 0.29) is 5.69 Å². The zero-order chi connectivity index (χ0) is 12.7. The van der Waals surface area contributed by atoms with E-state index >= 15 is 0 Å². The average Bonchev–Trinajstić information content (AvgIpc) is 2.62. The van der Waals surface area contributed by atoms with E-state index < -0.39 is 0 Å². The Morgan fingerprint density at radius 1 is 1.47 bits per heavy atom. The molecule has 0 unspecified atom stereocenters. The van der Waals surface area contributed by atoms with Crippen LogP contribution in [0, 0.1) is 4.91 Å². The number of aromatic nitrogens is 2. The van der Waals surface area contributed by atoms with E-state index in [1.807, 2.05) is 0 Å². The number of hydrogen-bond acceptors (Lipinski definition) is 4. The normalized spacial score (nSPS) is 10.4. The fourth-order valence-corrected chi connectivity index (χ4v) is 1.75. The number of rotatable bonds is 8. The standard InChI is InChI=1S/C12H20N4O/c1-3-5-6-7-9-16-12(13)11(15-17)10(14-16)8-4-2/h4H,2-3,5-9,13H2,1H3. The monoisotopic (exact) mass is 236 g/mol. The first-order valence-electron chi connectivity index (χ1n) is 6.04. The molecule has 0 radical (unpaired) electrons. The molecule has 0 saturated carbocycles. The second-order valence-corrected chi connectivity index (χ2v) is 4.05. The lowest BCUT2D eigenvalue weighted by Gasteiger charge is -2.02. The van der Waals surface area contributed by atoms with Crippen molar-refractivity contribution in [1.29, 1.82) is 0 Å². The molecule has 0 saturated heterocycles. The molecule has 0 bridgehead atoms. The number of aryl methyl sites for hydroxylation is 1. The highest BCUT2D eigenvalue weighted by molar-refractivity contribution is 5.61. The lowest BCUT2D eigenvalue weighted by Crippen LogP contribution is -2.05. The quantitative estimate of drug-likeness (QED) is 0.428. The fourth-order valence-electron chi connectivity index (χ4n) is 1.75. The smallest absolute Gasteiger partial charge is 0.173 e. The van der Waals surface area contributed by atoms with Gasteiger partial charge < -0.3 is 5.73 Å². The molecule has 0 aliphatic heterocycles. The maximum absolute atomic E-state index is 10.7. The number of nitrogens with zero attached hydrogens (tertiary/aromatic N) is 3. The Balaban J connectivity index is 2.71. The van der Waals surface area contributed by atoms with Crippen LogP contribution in [0.4, 0.5) is 11.5 Å². The minimum absolute atomic E-state index is 0.264. The molecular formula is C12H20N4O. The average molecular weight is 236 g/mol. The van der Waals surface area contributed by atoms with Gasteiger partial charge in [-0.15, -0.1) is 11.5 Å². The Kier molecular flexibility index (Phi) is 5.39. The van der Waals surface area contributed by atoms with Crippen LogP contribution in [-0.4, -0.2) is 9.78 Å². The van der Waals surface area contributed by atoms with Crippen molar-refractivity contribution in [3.63, 3.8) is 0 Å². The number of unbranched alkanes of at least 4 members (excludes halogenated alkanes) is 3. The summed E-state index contributed by atoms with van der Waals surface area (Å²) in [6, 6.07) is 0. The Morgan fingerprint density at radius 3 is 2.82 bits per heavy atom. The third-order valence-corrected chi connectivity index (χ3v) is 2.69. The molecule has 0 aromatic carbocycles. The molecule has 0 aliphatic carbocycles. The second kappa shape index (κ2) is 6.83. The molecule has 1 aromatic rings. The largest absolute Gasteiger partial charge is 0.382 e. The summed E-state index contributed by atoms with van der Waals surface area (Å²) in [7, 11) is 0. The van der Waals surface area contributed by atoms with Crippen LogP contribution in [0.25, 0.3) is 0 Å². The summed E-state index contributed by atoms with van der Waals surface area (Å²) in [6.45, 7) is 6.53. The van der Waals surface area contributed by atoms with E-state index in [1.165, 1.54) is 12.8 Å². The highest BCUT2D eigenvalue weighted by Gasteiger charge is 2.14. The summed E-state index contributed by atoms with van der Waals surface area (Å²) in [5.41, 5.74) is 6.71. The SMILES string of the molecule is C=CCc1nn(CCCCCC)c(N)c1N=O. The van der Waals surface area contributed by atoms with Crippen molar-refractivity contribution >= 4 is 11.5 Å². The summed E-state index contributed by atoms with van der Waals surface area (Å²) < 4.78 is 1.67. The van der Waals surface area contributed by atoms with Gasteiger partial charge >= 0.3 is 0 Å². The Morgan fingerprint density at radius 2 is 2.24 bits per heavy atom. The van der Waals surface area contributed by atoms with Gasteiger partial charge in [0.05, 0.1) is 5.69 Å². The van der Waals surface area contributed by atoms with Crippen LogP contribution >= 0.6 is 0 Å². The molecule has 0 aliphatic rings. The van der Waals surface area contributed by atoms with Crippen LogP contribution in [0.1, 0.15) is 38.3 Å². The number of nitrogen functional groups attached to an aromatic ring is 1. The fraction of sp³-hybridized carbons (Fsp3) is 0.583. The van der Waals surface area contributed by atoms with E-state index in [4.69, 9.17) is 5.73 Å².